The van der Waals surface area contributed by atoms with Gasteiger partial charge in [0, 0.05) is 5.56 Å². The van der Waals surface area contributed by atoms with Gasteiger partial charge in [-0.1, -0.05) is 38.1 Å². The van der Waals surface area contributed by atoms with Crippen LogP contribution in [0.3, 0.4) is 0 Å². The first-order valence-electron chi connectivity index (χ1n) is 5.46. The number of likely N-dealkylation sites (N-methyl/N-ethyl adjacent to an activating group) is 1. The van der Waals surface area contributed by atoms with Gasteiger partial charge >= 0.3 is 0 Å². The molecule has 0 aliphatic heterocycles. The Morgan fingerprint density at radius 3 is 2.40 bits per heavy atom. The van der Waals surface area contributed by atoms with Gasteiger partial charge in [0.1, 0.15) is 0 Å². The van der Waals surface area contributed by atoms with E-state index in [1.807, 2.05) is 12.1 Å². The van der Waals surface area contributed by atoms with Gasteiger partial charge in [0.2, 0.25) is 0 Å². The van der Waals surface area contributed by atoms with E-state index in [-0.39, 0.29) is 5.78 Å². The maximum absolute atomic E-state index is 11.5. The molecule has 2 heteroatoms. The highest BCUT2D eigenvalue weighted by atomic mass is 16.1. The average Bonchev–Trinajstić information content (AvgIpc) is 2.28. The van der Waals surface area contributed by atoms with Crippen molar-refractivity contribution in [3.63, 3.8) is 0 Å². The normalized spacial score (nSPS) is 12.5. The van der Waals surface area contributed by atoms with Gasteiger partial charge in [0.15, 0.2) is 5.78 Å². The van der Waals surface area contributed by atoms with Crippen molar-refractivity contribution < 1.29 is 4.79 Å². The number of nitrogens with one attached hydrogen (secondary N) is 1. The molecule has 0 heterocycles. The van der Waals surface area contributed by atoms with Crippen molar-refractivity contribution in [3.8, 4) is 0 Å². The molecule has 0 aromatic heterocycles. The SMILES string of the molecule is CCC(C)c1ccc(C(=O)CNC)cc1. The molecule has 0 aliphatic rings. The molecule has 0 spiro atoms. The van der Waals surface area contributed by atoms with Crippen molar-refractivity contribution in [3.05, 3.63) is 35.4 Å². The third kappa shape index (κ3) is 3.17. The van der Waals surface area contributed by atoms with Crippen LogP contribution in [-0.4, -0.2) is 19.4 Å². The summed E-state index contributed by atoms with van der Waals surface area (Å²) in [6.07, 6.45) is 1.13. The van der Waals surface area contributed by atoms with Crippen molar-refractivity contribution in [1.82, 2.24) is 5.32 Å². The van der Waals surface area contributed by atoms with Gasteiger partial charge in [0.25, 0.3) is 0 Å². The molecule has 0 saturated heterocycles. The zero-order valence-corrected chi connectivity index (χ0v) is 9.71. The highest BCUT2D eigenvalue weighted by Gasteiger charge is 2.06. The summed E-state index contributed by atoms with van der Waals surface area (Å²) in [6.45, 7) is 4.78. The van der Waals surface area contributed by atoms with Crippen molar-refractivity contribution in [2.75, 3.05) is 13.6 Å². The predicted octanol–water partition coefficient (Wildman–Crippen LogP) is 2.60. The smallest absolute Gasteiger partial charge is 0.176 e. The van der Waals surface area contributed by atoms with Crippen molar-refractivity contribution in [2.45, 2.75) is 26.2 Å². The van der Waals surface area contributed by atoms with E-state index in [0.29, 0.717) is 12.5 Å². The van der Waals surface area contributed by atoms with Gasteiger partial charge in [-0.05, 0) is 24.9 Å². The second-order valence-electron chi connectivity index (χ2n) is 3.88. The van der Waals surface area contributed by atoms with Crippen LogP contribution in [-0.2, 0) is 0 Å². The van der Waals surface area contributed by atoms with Gasteiger partial charge in [-0.25, -0.2) is 0 Å². The molecule has 1 atom stereocenters. The monoisotopic (exact) mass is 205 g/mol. The number of Topliss-reactive ketones (excluding diaryl/α,β-unsaturated/α-hetero) is 1. The fraction of sp³-hybridized carbons (Fsp3) is 0.462. The van der Waals surface area contributed by atoms with Crippen LogP contribution >= 0.6 is 0 Å². The van der Waals surface area contributed by atoms with E-state index in [4.69, 9.17) is 0 Å². The highest BCUT2D eigenvalue weighted by Crippen LogP contribution is 2.18. The lowest BCUT2D eigenvalue weighted by Gasteiger charge is -2.09. The Labute approximate surface area is 91.7 Å². The maximum Gasteiger partial charge on any atom is 0.176 e. The molecule has 0 aliphatic carbocycles. The number of hydrogen-bond donors (Lipinski definition) is 1. The summed E-state index contributed by atoms with van der Waals surface area (Å²) in [5.74, 6) is 0.714. The van der Waals surface area contributed by atoms with E-state index in [9.17, 15) is 4.79 Å². The minimum absolute atomic E-state index is 0.146. The lowest BCUT2D eigenvalue weighted by Crippen LogP contribution is -2.18. The van der Waals surface area contributed by atoms with E-state index in [1.165, 1.54) is 5.56 Å². The summed E-state index contributed by atoms with van der Waals surface area (Å²) >= 11 is 0. The van der Waals surface area contributed by atoms with E-state index < -0.39 is 0 Å². The van der Waals surface area contributed by atoms with E-state index in [1.54, 1.807) is 7.05 Å². The first kappa shape index (κ1) is 11.9. The predicted molar refractivity (Wildman–Crippen MR) is 63.4 cm³/mol. The summed E-state index contributed by atoms with van der Waals surface area (Å²) in [7, 11) is 1.78. The molecule has 1 N–H and O–H groups in total. The van der Waals surface area contributed by atoms with Crippen molar-refractivity contribution in [1.29, 1.82) is 0 Å². The second kappa shape index (κ2) is 5.66. The molecule has 1 unspecified atom stereocenters. The van der Waals surface area contributed by atoms with Gasteiger partial charge < -0.3 is 5.32 Å². The van der Waals surface area contributed by atoms with Crippen LogP contribution < -0.4 is 5.32 Å². The Balaban J connectivity index is 2.76. The lowest BCUT2D eigenvalue weighted by molar-refractivity contribution is 0.0993. The number of carbonyl (C=O) groups is 1. The summed E-state index contributed by atoms with van der Waals surface area (Å²) in [5.41, 5.74) is 2.09. The minimum atomic E-state index is 0.146. The minimum Gasteiger partial charge on any atom is -0.313 e. The molecule has 1 aromatic carbocycles. The van der Waals surface area contributed by atoms with Crippen molar-refractivity contribution >= 4 is 5.78 Å². The summed E-state index contributed by atoms with van der Waals surface area (Å²) in [5, 5.41) is 2.86. The highest BCUT2D eigenvalue weighted by molar-refractivity contribution is 5.97. The molecule has 0 radical (unpaired) electrons. The Hall–Kier alpha value is -1.15. The third-order valence-corrected chi connectivity index (χ3v) is 2.75. The molecule has 82 valence electrons. The van der Waals surface area contributed by atoms with Gasteiger partial charge in [-0.15, -0.1) is 0 Å². The molecule has 0 fully saturated rings. The van der Waals surface area contributed by atoms with Gasteiger partial charge in [0.05, 0.1) is 6.54 Å². The third-order valence-electron chi connectivity index (χ3n) is 2.75. The topological polar surface area (TPSA) is 29.1 Å². The van der Waals surface area contributed by atoms with E-state index in [2.05, 4.69) is 31.3 Å². The molecule has 0 saturated carbocycles. The number of ketones is 1. The lowest BCUT2D eigenvalue weighted by atomic mass is 9.97. The largest absolute Gasteiger partial charge is 0.313 e. The maximum atomic E-state index is 11.5. The standard InChI is InChI=1S/C13H19NO/c1-4-10(2)11-5-7-12(8-6-11)13(15)9-14-3/h5-8,10,14H,4,9H2,1-3H3. The van der Waals surface area contributed by atoms with Crippen LogP contribution in [0.5, 0.6) is 0 Å². The quantitative estimate of drug-likeness (QED) is 0.749. The van der Waals surface area contributed by atoms with Gasteiger partial charge in [-0.3, -0.25) is 4.79 Å². The van der Waals surface area contributed by atoms with Crippen LogP contribution in [0.4, 0.5) is 0 Å². The fourth-order valence-electron chi connectivity index (χ4n) is 1.50. The molecule has 0 bridgehead atoms. The Bertz CT molecular complexity index is 316. The number of carbonyl (C=O) groups excluding carboxylic acids is 1. The van der Waals surface area contributed by atoms with Crippen LogP contribution in [0, 0.1) is 0 Å². The molecule has 1 aromatic rings. The molecule has 0 amide bonds. The first-order valence-corrected chi connectivity index (χ1v) is 5.46. The van der Waals surface area contributed by atoms with E-state index >= 15 is 0 Å². The molecular formula is C13H19NO. The van der Waals surface area contributed by atoms with Crippen LogP contribution in [0.1, 0.15) is 42.1 Å². The van der Waals surface area contributed by atoms with Crippen LogP contribution in [0.2, 0.25) is 0 Å². The van der Waals surface area contributed by atoms with Gasteiger partial charge in [-0.2, -0.15) is 0 Å². The Morgan fingerprint density at radius 2 is 1.93 bits per heavy atom. The van der Waals surface area contributed by atoms with Crippen molar-refractivity contribution in [2.24, 2.45) is 0 Å². The van der Waals surface area contributed by atoms with Crippen LogP contribution in [0.15, 0.2) is 24.3 Å². The Kier molecular flexibility index (Phi) is 4.50. The Morgan fingerprint density at radius 1 is 1.33 bits per heavy atom. The van der Waals surface area contributed by atoms with Crippen LogP contribution in [0.25, 0.3) is 0 Å². The summed E-state index contributed by atoms with van der Waals surface area (Å²) < 4.78 is 0. The van der Waals surface area contributed by atoms with E-state index in [0.717, 1.165) is 12.0 Å². The first-order chi connectivity index (χ1) is 7.19. The zero-order chi connectivity index (χ0) is 11.3. The average molecular weight is 205 g/mol. The molecule has 15 heavy (non-hydrogen) atoms. The zero-order valence-electron chi connectivity index (χ0n) is 9.71. The molecule has 2 nitrogen and oxygen atoms in total. The fourth-order valence-corrected chi connectivity index (χ4v) is 1.50. The summed E-state index contributed by atoms with van der Waals surface area (Å²) in [4.78, 5) is 11.5. The summed E-state index contributed by atoms with van der Waals surface area (Å²) in [6, 6.07) is 7.94. The number of hydrogen-bond acceptors (Lipinski definition) is 2. The second-order valence-corrected chi connectivity index (χ2v) is 3.88. The number of rotatable bonds is 5. The number of benzene rings is 1. The molecule has 1 rings (SSSR count). The molecular weight excluding hydrogens is 186 g/mol.